The molecule has 4 aromatic rings. The zero-order chi connectivity index (χ0) is 26.6. The van der Waals surface area contributed by atoms with Gasteiger partial charge >= 0.3 is 0 Å². The average Bonchev–Trinajstić information content (AvgIpc) is 3.53. The molecular weight excluding hydrogens is 498 g/mol. The van der Waals surface area contributed by atoms with Gasteiger partial charge in [0, 0.05) is 22.2 Å². The van der Waals surface area contributed by atoms with Crippen molar-refractivity contribution in [2.24, 2.45) is 5.73 Å². The van der Waals surface area contributed by atoms with Gasteiger partial charge in [0.05, 0.1) is 24.1 Å². The predicted molar refractivity (Wildman–Crippen MR) is 147 cm³/mol. The molecule has 9 heteroatoms. The summed E-state index contributed by atoms with van der Waals surface area (Å²) in [5.41, 5.74) is 9.64. The van der Waals surface area contributed by atoms with E-state index in [9.17, 15) is 14.9 Å². The summed E-state index contributed by atoms with van der Waals surface area (Å²) >= 11 is 1.36. The SMILES string of the molecule is COc1ccc(-c2nn(-c3ccccc3)cc2C=C(C#N)C(=O)Nc2sc3c(c2C(N)=O)CCCC3)cc1. The fraction of sp³-hybridized carbons (Fsp3) is 0.172. The fourth-order valence-corrected chi connectivity index (χ4v) is 5.86. The van der Waals surface area contributed by atoms with E-state index in [4.69, 9.17) is 15.6 Å². The highest BCUT2D eigenvalue weighted by atomic mass is 32.1. The first-order valence-corrected chi connectivity index (χ1v) is 13.0. The summed E-state index contributed by atoms with van der Waals surface area (Å²) in [5, 5.41) is 17.8. The Kier molecular flexibility index (Phi) is 7.07. The number of anilines is 1. The summed E-state index contributed by atoms with van der Waals surface area (Å²) in [6.45, 7) is 0. The molecule has 0 bridgehead atoms. The monoisotopic (exact) mass is 523 g/mol. The molecule has 2 heterocycles. The Morgan fingerprint density at radius 3 is 2.55 bits per heavy atom. The number of aryl methyl sites for hydroxylation is 1. The Hall–Kier alpha value is -4.68. The highest BCUT2D eigenvalue weighted by molar-refractivity contribution is 7.17. The molecule has 2 amide bonds. The molecule has 38 heavy (non-hydrogen) atoms. The molecule has 1 aliphatic carbocycles. The molecule has 0 aliphatic heterocycles. The number of para-hydroxylation sites is 1. The number of primary amides is 1. The molecular formula is C29H25N5O3S. The smallest absolute Gasteiger partial charge is 0.266 e. The molecule has 0 atom stereocenters. The molecule has 0 radical (unpaired) electrons. The van der Waals surface area contributed by atoms with Crippen molar-refractivity contribution in [3.05, 3.63) is 87.9 Å². The van der Waals surface area contributed by atoms with Gasteiger partial charge in [0.25, 0.3) is 11.8 Å². The van der Waals surface area contributed by atoms with Crippen LogP contribution in [0.4, 0.5) is 5.00 Å². The minimum Gasteiger partial charge on any atom is -0.497 e. The number of aromatic nitrogens is 2. The van der Waals surface area contributed by atoms with E-state index < -0.39 is 11.8 Å². The molecule has 0 saturated carbocycles. The van der Waals surface area contributed by atoms with Crippen molar-refractivity contribution in [1.82, 2.24) is 9.78 Å². The Labute approximate surface area is 224 Å². The van der Waals surface area contributed by atoms with Crippen molar-refractivity contribution in [2.45, 2.75) is 25.7 Å². The van der Waals surface area contributed by atoms with E-state index in [-0.39, 0.29) is 5.57 Å². The van der Waals surface area contributed by atoms with Crippen molar-refractivity contribution < 1.29 is 14.3 Å². The van der Waals surface area contributed by atoms with Crippen LogP contribution >= 0.6 is 11.3 Å². The predicted octanol–water partition coefficient (Wildman–Crippen LogP) is 5.13. The first kappa shape index (κ1) is 25.0. The molecule has 0 unspecified atom stereocenters. The highest BCUT2D eigenvalue weighted by Gasteiger charge is 2.26. The number of nitrogens with two attached hydrogens (primary N) is 1. The molecule has 0 fully saturated rings. The molecule has 190 valence electrons. The lowest BCUT2D eigenvalue weighted by Gasteiger charge is -2.11. The third-order valence-corrected chi connectivity index (χ3v) is 7.64. The number of nitrogens with one attached hydrogen (secondary N) is 1. The van der Waals surface area contributed by atoms with E-state index in [0.717, 1.165) is 47.4 Å². The number of fused-ring (bicyclic) bond motifs is 1. The van der Waals surface area contributed by atoms with Gasteiger partial charge in [-0.25, -0.2) is 4.68 Å². The number of methoxy groups -OCH3 is 1. The van der Waals surface area contributed by atoms with Gasteiger partial charge in [-0.2, -0.15) is 10.4 Å². The number of nitrogens with zero attached hydrogens (tertiary/aromatic N) is 3. The Morgan fingerprint density at radius 2 is 1.87 bits per heavy atom. The van der Waals surface area contributed by atoms with E-state index in [2.05, 4.69) is 5.32 Å². The largest absolute Gasteiger partial charge is 0.497 e. The summed E-state index contributed by atoms with van der Waals surface area (Å²) in [7, 11) is 1.60. The molecule has 2 aromatic carbocycles. The molecule has 5 rings (SSSR count). The van der Waals surface area contributed by atoms with Gasteiger partial charge in [0.15, 0.2) is 0 Å². The molecule has 8 nitrogen and oxygen atoms in total. The Balaban J connectivity index is 1.53. The van der Waals surface area contributed by atoms with Crippen LogP contribution in [0.25, 0.3) is 23.0 Å². The van der Waals surface area contributed by atoms with Crippen LogP contribution in [0, 0.1) is 11.3 Å². The maximum atomic E-state index is 13.3. The number of carbonyl (C=O) groups is 2. The van der Waals surface area contributed by atoms with Gasteiger partial charge in [-0.15, -0.1) is 11.3 Å². The van der Waals surface area contributed by atoms with Gasteiger partial charge in [0.1, 0.15) is 22.4 Å². The third kappa shape index (κ3) is 4.94. The number of ether oxygens (including phenoxy) is 1. The standard InChI is InChI=1S/C29H25N5O3S/c1-37-22-13-11-18(12-14-22)26-20(17-34(33-26)21-7-3-2-4-8-21)15-19(16-30)28(36)32-29-25(27(31)35)23-9-5-6-10-24(23)38-29/h2-4,7-8,11-15,17H,5-6,9-10H2,1H3,(H2,31,35)(H,32,36). The summed E-state index contributed by atoms with van der Waals surface area (Å²) in [4.78, 5) is 26.5. The number of hydrogen-bond acceptors (Lipinski definition) is 6. The summed E-state index contributed by atoms with van der Waals surface area (Å²) in [6.07, 6.45) is 6.89. The van der Waals surface area contributed by atoms with Crippen molar-refractivity contribution in [2.75, 3.05) is 12.4 Å². The number of nitriles is 1. The first-order valence-electron chi connectivity index (χ1n) is 12.2. The van der Waals surface area contributed by atoms with E-state index in [1.165, 1.54) is 17.4 Å². The number of thiophene rings is 1. The van der Waals surface area contributed by atoms with Crippen LogP contribution in [0.2, 0.25) is 0 Å². The van der Waals surface area contributed by atoms with E-state index >= 15 is 0 Å². The lowest BCUT2D eigenvalue weighted by atomic mass is 9.95. The lowest BCUT2D eigenvalue weighted by molar-refractivity contribution is -0.112. The van der Waals surface area contributed by atoms with Crippen LogP contribution in [0.3, 0.4) is 0 Å². The van der Waals surface area contributed by atoms with Crippen LogP contribution in [0.15, 0.2) is 66.4 Å². The molecule has 0 spiro atoms. The van der Waals surface area contributed by atoms with Crippen molar-refractivity contribution in [1.29, 1.82) is 5.26 Å². The average molecular weight is 524 g/mol. The zero-order valence-corrected chi connectivity index (χ0v) is 21.5. The summed E-state index contributed by atoms with van der Waals surface area (Å²) < 4.78 is 6.98. The molecule has 2 aromatic heterocycles. The van der Waals surface area contributed by atoms with Crippen LogP contribution in [-0.2, 0) is 17.6 Å². The summed E-state index contributed by atoms with van der Waals surface area (Å²) in [6, 6.07) is 19.0. The Bertz CT molecular complexity index is 1580. The minimum absolute atomic E-state index is 0.117. The maximum absolute atomic E-state index is 13.3. The topological polar surface area (TPSA) is 123 Å². The van der Waals surface area contributed by atoms with E-state index in [1.807, 2.05) is 60.7 Å². The van der Waals surface area contributed by atoms with Crippen LogP contribution in [0.1, 0.15) is 39.2 Å². The second-order valence-electron chi connectivity index (χ2n) is 8.84. The van der Waals surface area contributed by atoms with Crippen LogP contribution in [0.5, 0.6) is 5.75 Å². The zero-order valence-electron chi connectivity index (χ0n) is 20.7. The minimum atomic E-state index is -0.610. The molecule has 1 aliphatic rings. The van der Waals surface area contributed by atoms with Crippen molar-refractivity contribution in [3.63, 3.8) is 0 Å². The van der Waals surface area contributed by atoms with Crippen molar-refractivity contribution >= 4 is 34.2 Å². The second-order valence-corrected chi connectivity index (χ2v) is 9.95. The van der Waals surface area contributed by atoms with Crippen molar-refractivity contribution in [3.8, 4) is 28.8 Å². The number of hydrogen-bond donors (Lipinski definition) is 2. The van der Waals surface area contributed by atoms with Gasteiger partial charge < -0.3 is 15.8 Å². The number of rotatable bonds is 7. The summed E-state index contributed by atoms with van der Waals surface area (Å²) in [5.74, 6) is -0.482. The maximum Gasteiger partial charge on any atom is 0.266 e. The molecule has 3 N–H and O–H groups in total. The lowest BCUT2D eigenvalue weighted by Crippen LogP contribution is -2.19. The number of benzene rings is 2. The van der Waals surface area contributed by atoms with Gasteiger partial charge in [-0.3, -0.25) is 9.59 Å². The third-order valence-electron chi connectivity index (χ3n) is 6.44. The second kappa shape index (κ2) is 10.7. The first-order chi connectivity index (χ1) is 18.5. The highest BCUT2D eigenvalue weighted by Crippen LogP contribution is 2.38. The van der Waals surface area contributed by atoms with Gasteiger partial charge in [-0.1, -0.05) is 18.2 Å². The van der Waals surface area contributed by atoms with Crippen LogP contribution < -0.4 is 15.8 Å². The van der Waals surface area contributed by atoms with Gasteiger partial charge in [0.2, 0.25) is 0 Å². The quantitative estimate of drug-likeness (QED) is 0.257. The Morgan fingerprint density at radius 1 is 1.13 bits per heavy atom. The normalized spacial score (nSPS) is 12.9. The number of amides is 2. The fourth-order valence-electron chi connectivity index (χ4n) is 4.57. The van der Waals surface area contributed by atoms with Crippen LogP contribution in [-0.4, -0.2) is 28.7 Å². The molecule has 0 saturated heterocycles. The van der Waals surface area contributed by atoms with Gasteiger partial charge in [-0.05, 0) is 73.7 Å². The van der Waals surface area contributed by atoms with E-state index in [0.29, 0.717) is 27.6 Å². The van der Waals surface area contributed by atoms with E-state index in [1.54, 1.807) is 18.0 Å². The number of carbonyl (C=O) groups excluding carboxylic acids is 2.